The van der Waals surface area contributed by atoms with Gasteiger partial charge in [0.25, 0.3) is 0 Å². The third-order valence-electron chi connectivity index (χ3n) is 5.00. The number of aromatic nitrogens is 1. The van der Waals surface area contributed by atoms with Crippen LogP contribution >= 0.6 is 0 Å². The second-order valence-electron chi connectivity index (χ2n) is 7.08. The van der Waals surface area contributed by atoms with Gasteiger partial charge in [0, 0.05) is 12.2 Å². The van der Waals surface area contributed by atoms with Gasteiger partial charge in [0.05, 0.1) is 6.04 Å². The normalized spacial score (nSPS) is 17.0. The minimum atomic E-state index is -0.172. The highest BCUT2D eigenvalue weighted by Gasteiger charge is 2.33. The van der Waals surface area contributed by atoms with E-state index in [0.717, 1.165) is 35.4 Å². The van der Waals surface area contributed by atoms with Crippen molar-refractivity contribution in [1.29, 1.82) is 0 Å². The first kappa shape index (κ1) is 16.9. The summed E-state index contributed by atoms with van der Waals surface area (Å²) in [6.45, 7) is 1.11. The van der Waals surface area contributed by atoms with E-state index in [2.05, 4.69) is 10.3 Å². The molecule has 3 aromatic rings. The number of hydrogen-bond donors (Lipinski definition) is 1. The molecule has 1 saturated carbocycles. The fraction of sp³-hybridized carbons (Fsp3) is 0.273. The Morgan fingerprint density at radius 3 is 2.75 bits per heavy atom. The molecule has 5 rings (SSSR count). The number of fused-ring (bicyclic) bond motifs is 2. The van der Waals surface area contributed by atoms with Crippen molar-refractivity contribution in [3.8, 4) is 11.5 Å². The van der Waals surface area contributed by atoms with E-state index in [-0.39, 0.29) is 11.9 Å². The number of nitrogens with zero attached hydrogens (tertiary/aromatic N) is 1. The lowest BCUT2D eigenvalue weighted by Crippen LogP contribution is -2.28. The molecule has 1 aromatic heterocycles. The first-order valence-corrected chi connectivity index (χ1v) is 9.50. The van der Waals surface area contributed by atoms with Crippen molar-refractivity contribution < 1.29 is 18.7 Å². The summed E-state index contributed by atoms with van der Waals surface area (Å²) in [5.41, 5.74) is 2.51. The molecule has 0 radical (unpaired) electrons. The summed E-state index contributed by atoms with van der Waals surface area (Å²) in [6.07, 6.45) is 5.28. The van der Waals surface area contributed by atoms with Crippen LogP contribution in [0.4, 0.5) is 0 Å². The van der Waals surface area contributed by atoms with Crippen LogP contribution in [0.1, 0.15) is 30.3 Å². The summed E-state index contributed by atoms with van der Waals surface area (Å²) >= 11 is 0. The third kappa shape index (κ3) is 3.45. The van der Waals surface area contributed by atoms with Crippen LogP contribution in [-0.4, -0.2) is 24.1 Å². The van der Waals surface area contributed by atoms with E-state index in [9.17, 15) is 4.79 Å². The number of benzene rings is 2. The number of nitrogens with one attached hydrogen (secondary N) is 1. The summed E-state index contributed by atoms with van der Waals surface area (Å²) in [6, 6.07) is 13.4. The van der Waals surface area contributed by atoms with E-state index in [1.807, 2.05) is 42.5 Å². The summed E-state index contributed by atoms with van der Waals surface area (Å²) < 4.78 is 16.9. The monoisotopic (exact) mass is 376 g/mol. The number of ether oxygens (including phenoxy) is 2. The zero-order chi connectivity index (χ0) is 18.9. The second kappa shape index (κ2) is 7.03. The van der Waals surface area contributed by atoms with Crippen molar-refractivity contribution in [1.82, 2.24) is 10.3 Å². The van der Waals surface area contributed by atoms with Gasteiger partial charge in [-0.3, -0.25) is 4.79 Å². The van der Waals surface area contributed by atoms with E-state index in [4.69, 9.17) is 13.9 Å². The minimum absolute atomic E-state index is 0.0448. The fourth-order valence-corrected chi connectivity index (χ4v) is 3.47. The fourth-order valence-electron chi connectivity index (χ4n) is 3.47. The molecule has 0 spiro atoms. The molecular formula is C22H20N2O4. The smallest absolute Gasteiger partial charge is 0.244 e. The third-order valence-corrected chi connectivity index (χ3v) is 5.00. The first-order valence-electron chi connectivity index (χ1n) is 9.50. The number of para-hydroxylation sites is 2. The molecule has 1 aliphatic carbocycles. The van der Waals surface area contributed by atoms with Crippen molar-refractivity contribution in [3.05, 3.63) is 60.0 Å². The van der Waals surface area contributed by atoms with Gasteiger partial charge < -0.3 is 19.2 Å². The Morgan fingerprint density at radius 2 is 1.93 bits per heavy atom. The van der Waals surface area contributed by atoms with E-state index in [1.54, 1.807) is 6.08 Å². The molecule has 142 valence electrons. The topological polar surface area (TPSA) is 73.6 Å². The van der Waals surface area contributed by atoms with Crippen LogP contribution in [0.5, 0.6) is 11.5 Å². The maximum atomic E-state index is 12.5. The van der Waals surface area contributed by atoms with Crippen molar-refractivity contribution in [3.63, 3.8) is 0 Å². The molecule has 1 fully saturated rings. The number of carbonyl (C=O) groups is 1. The van der Waals surface area contributed by atoms with Gasteiger partial charge in [0.15, 0.2) is 17.1 Å². The zero-order valence-electron chi connectivity index (χ0n) is 15.3. The standard InChI is InChI=1S/C22H20N2O4/c25-20(9-10-21-23-16-3-1-2-4-17(16)28-21)24-22(14-5-6-14)15-7-8-18-19(13-15)27-12-11-26-18/h1-4,7-10,13-14,22H,5-6,11-12H2,(H,24,25)/b10-9+. The Kier molecular flexibility index (Phi) is 4.24. The van der Waals surface area contributed by atoms with E-state index >= 15 is 0 Å². The Morgan fingerprint density at radius 1 is 1.11 bits per heavy atom. The SMILES string of the molecule is O=C(/C=C/c1nc2ccccc2o1)NC(c1ccc2c(c1)OCCO2)C1CC1. The Labute approximate surface area is 162 Å². The lowest BCUT2D eigenvalue weighted by molar-refractivity contribution is -0.117. The highest BCUT2D eigenvalue weighted by atomic mass is 16.6. The van der Waals surface area contributed by atoms with Crippen molar-refractivity contribution >= 4 is 23.1 Å². The summed E-state index contributed by atoms with van der Waals surface area (Å²) in [5.74, 6) is 2.19. The lowest BCUT2D eigenvalue weighted by atomic mass is 10.0. The molecule has 1 atom stereocenters. The van der Waals surface area contributed by atoms with Gasteiger partial charge in [-0.15, -0.1) is 0 Å². The molecule has 28 heavy (non-hydrogen) atoms. The van der Waals surface area contributed by atoms with Gasteiger partial charge in [-0.1, -0.05) is 18.2 Å². The maximum absolute atomic E-state index is 12.5. The summed E-state index contributed by atoms with van der Waals surface area (Å²) in [4.78, 5) is 16.9. The molecule has 1 amide bonds. The van der Waals surface area contributed by atoms with Gasteiger partial charge in [-0.25, -0.2) is 4.98 Å². The molecule has 1 N–H and O–H groups in total. The highest BCUT2D eigenvalue weighted by Crippen LogP contribution is 2.43. The summed E-state index contributed by atoms with van der Waals surface area (Å²) in [7, 11) is 0. The number of hydrogen-bond acceptors (Lipinski definition) is 5. The molecule has 0 saturated heterocycles. The largest absolute Gasteiger partial charge is 0.486 e. The molecule has 6 heteroatoms. The van der Waals surface area contributed by atoms with E-state index < -0.39 is 0 Å². The number of amides is 1. The maximum Gasteiger partial charge on any atom is 0.244 e. The molecular weight excluding hydrogens is 356 g/mol. The van der Waals surface area contributed by atoms with Crippen molar-refractivity contribution in [2.24, 2.45) is 5.92 Å². The van der Waals surface area contributed by atoms with Crippen molar-refractivity contribution in [2.75, 3.05) is 13.2 Å². The summed E-state index contributed by atoms with van der Waals surface area (Å²) in [5, 5.41) is 3.11. The number of oxazole rings is 1. The van der Waals surface area contributed by atoms with E-state index in [0.29, 0.717) is 30.6 Å². The Balaban J connectivity index is 1.32. The van der Waals surface area contributed by atoms with Gasteiger partial charge in [-0.05, 0) is 48.6 Å². The van der Waals surface area contributed by atoms with Crippen LogP contribution < -0.4 is 14.8 Å². The minimum Gasteiger partial charge on any atom is -0.486 e. The quantitative estimate of drug-likeness (QED) is 0.684. The predicted molar refractivity (Wildman–Crippen MR) is 104 cm³/mol. The molecule has 1 unspecified atom stereocenters. The molecule has 2 aromatic carbocycles. The zero-order valence-corrected chi connectivity index (χ0v) is 15.3. The second-order valence-corrected chi connectivity index (χ2v) is 7.08. The Bertz CT molecular complexity index is 1020. The van der Waals surface area contributed by atoms with Gasteiger partial charge >= 0.3 is 0 Å². The molecule has 1 aliphatic heterocycles. The average molecular weight is 376 g/mol. The first-order chi connectivity index (χ1) is 13.8. The average Bonchev–Trinajstić information content (AvgIpc) is 3.48. The predicted octanol–water partition coefficient (Wildman–Crippen LogP) is 3.88. The number of carbonyl (C=O) groups excluding carboxylic acids is 1. The van der Waals surface area contributed by atoms with Crippen LogP contribution in [0.15, 0.2) is 53.0 Å². The highest BCUT2D eigenvalue weighted by molar-refractivity contribution is 5.91. The molecule has 6 nitrogen and oxygen atoms in total. The van der Waals surface area contributed by atoms with Gasteiger partial charge in [-0.2, -0.15) is 0 Å². The van der Waals surface area contributed by atoms with Gasteiger partial charge in [0.1, 0.15) is 18.7 Å². The number of rotatable bonds is 5. The molecule has 2 heterocycles. The van der Waals surface area contributed by atoms with E-state index in [1.165, 1.54) is 6.08 Å². The Hall–Kier alpha value is -3.28. The van der Waals surface area contributed by atoms with Crippen LogP contribution in [0.2, 0.25) is 0 Å². The van der Waals surface area contributed by atoms with Crippen LogP contribution in [-0.2, 0) is 4.79 Å². The lowest BCUT2D eigenvalue weighted by Gasteiger charge is -2.22. The van der Waals surface area contributed by atoms with Crippen LogP contribution in [0.3, 0.4) is 0 Å². The molecule has 2 aliphatic rings. The van der Waals surface area contributed by atoms with Crippen LogP contribution in [0.25, 0.3) is 17.2 Å². The van der Waals surface area contributed by atoms with Gasteiger partial charge in [0.2, 0.25) is 11.8 Å². The molecule has 0 bridgehead atoms. The van der Waals surface area contributed by atoms with Crippen molar-refractivity contribution in [2.45, 2.75) is 18.9 Å². The van der Waals surface area contributed by atoms with Crippen LogP contribution in [0, 0.1) is 5.92 Å².